The topological polar surface area (TPSA) is 109 Å². The molecule has 8 nitrogen and oxygen atoms in total. The van der Waals surface area contributed by atoms with Gasteiger partial charge in [0, 0.05) is 6.54 Å². The number of fused-ring (bicyclic) bond motifs is 4. The minimum Gasteiger partial charge on any atom is -0.510 e. The average Bonchev–Trinajstić information content (AvgIpc) is 3.45. The highest BCUT2D eigenvalue weighted by Gasteiger charge is 2.18. The van der Waals surface area contributed by atoms with Crippen LogP contribution in [0.3, 0.4) is 0 Å². The number of aromatic nitrogens is 5. The summed E-state index contributed by atoms with van der Waals surface area (Å²) in [5, 5.41) is 30.4. The number of rotatable bonds is 6. The molecule has 0 aliphatic carbocycles. The van der Waals surface area contributed by atoms with Crippen molar-refractivity contribution in [3.05, 3.63) is 82.3 Å². The Morgan fingerprint density at radius 3 is 2.79 bits per heavy atom. The van der Waals surface area contributed by atoms with Gasteiger partial charge >= 0.3 is 0 Å². The van der Waals surface area contributed by atoms with E-state index in [0.29, 0.717) is 26.8 Å². The molecule has 0 radical (unpaired) electrons. The van der Waals surface area contributed by atoms with Crippen molar-refractivity contribution >= 4 is 55.6 Å². The number of thiazole rings is 1. The molecule has 0 aliphatic rings. The minimum absolute atomic E-state index is 0.0918. The molecule has 2 aromatic carbocycles. The van der Waals surface area contributed by atoms with Crippen molar-refractivity contribution in [2.45, 2.75) is 11.7 Å². The zero-order valence-corrected chi connectivity index (χ0v) is 18.8. The normalized spacial score (nSPS) is 12.2. The molecular formula is C23H16N6O2S2. The van der Waals surface area contributed by atoms with Gasteiger partial charge in [-0.15, -0.1) is 28.1 Å². The van der Waals surface area contributed by atoms with Crippen LogP contribution in [0.1, 0.15) is 5.01 Å². The Labute approximate surface area is 195 Å². The first-order valence-electron chi connectivity index (χ1n) is 9.91. The summed E-state index contributed by atoms with van der Waals surface area (Å²) in [6.45, 7) is 4.02. The Morgan fingerprint density at radius 1 is 1.21 bits per heavy atom. The molecule has 1 N–H and O–H groups in total. The largest absolute Gasteiger partial charge is 0.510 e. The highest BCUT2D eigenvalue weighted by molar-refractivity contribution is 7.99. The summed E-state index contributed by atoms with van der Waals surface area (Å²) < 4.78 is 4.22. The van der Waals surface area contributed by atoms with E-state index in [1.54, 1.807) is 22.6 Å². The third-order valence-electron chi connectivity index (χ3n) is 5.04. The lowest BCUT2D eigenvalue weighted by Crippen LogP contribution is -2.22. The summed E-state index contributed by atoms with van der Waals surface area (Å²) >= 11 is 2.58. The number of benzene rings is 2. The van der Waals surface area contributed by atoms with E-state index in [1.165, 1.54) is 27.7 Å². The van der Waals surface area contributed by atoms with E-state index >= 15 is 0 Å². The van der Waals surface area contributed by atoms with Crippen LogP contribution in [0.4, 0.5) is 0 Å². The molecule has 33 heavy (non-hydrogen) atoms. The summed E-state index contributed by atoms with van der Waals surface area (Å²) in [6, 6.07) is 16.9. The molecule has 162 valence electrons. The first-order chi connectivity index (χ1) is 16.1. The standard InChI is InChI=1S/C23H16N6O2S2/c1-2-11-28-21(31)14-7-3-5-9-17(14)29-22(28)26-27-23(29)32-13-18(30)15(12-24)20-25-16-8-4-6-10-19(16)33-20/h2-10,30H,1,11,13H2/b18-15-. The summed E-state index contributed by atoms with van der Waals surface area (Å²) in [6.07, 6.45) is 1.63. The van der Waals surface area contributed by atoms with E-state index in [4.69, 9.17) is 0 Å². The van der Waals surface area contributed by atoms with Crippen LogP contribution in [0.2, 0.25) is 0 Å². The summed E-state index contributed by atoms with van der Waals surface area (Å²) in [5.41, 5.74) is 1.40. The number of nitriles is 1. The van der Waals surface area contributed by atoms with Gasteiger partial charge in [0.25, 0.3) is 5.56 Å². The van der Waals surface area contributed by atoms with Gasteiger partial charge in [-0.05, 0) is 24.3 Å². The van der Waals surface area contributed by atoms with E-state index in [9.17, 15) is 15.2 Å². The Morgan fingerprint density at radius 2 is 2.00 bits per heavy atom. The van der Waals surface area contributed by atoms with Crippen LogP contribution in [0.15, 0.2) is 76.9 Å². The Balaban J connectivity index is 1.56. The average molecular weight is 473 g/mol. The number of hydrogen-bond donors (Lipinski definition) is 1. The van der Waals surface area contributed by atoms with Gasteiger partial charge in [0.1, 0.15) is 22.4 Å². The van der Waals surface area contributed by atoms with Gasteiger partial charge < -0.3 is 5.11 Å². The monoisotopic (exact) mass is 472 g/mol. The van der Waals surface area contributed by atoms with Gasteiger partial charge in [-0.1, -0.05) is 42.1 Å². The highest BCUT2D eigenvalue weighted by Crippen LogP contribution is 2.30. The van der Waals surface area contributed by atoms with Crippen molar-refractivity contribution < 1.29 is 5.11 Å². The van der Waals surface area contributed by atoms with E-state index in [1.807, 2.05) is 36.4 Å². The van der Waals surface area contributed by atoms with Gasteiger partial charge in [-0.3, -0.25) is 13.8 Å². The van der Waals surface area contributed by atoms with Crippen LogP contribution in [0, 0.1) is 11.3 Å². The van der Waals surface area contributed by atoms with Crippen molar-refractivity contribution in [1.82, 2.24) is 24.1 Å². The Kier molecular flexibility index (Phi) is 5.42. The van der Waals surface area contributed by atoms with Crippen LogP contribution >= 0.6 is 23.1 Å². The summed E-state index contributed by atoms with van der Waals surface area (Å²) in [4.78, 5) is 17.4. The SMILES string of the molecule is C=CCn1c(=O)c2ccccc2n2c(SC/C(O)=C(\C#N)c3nc4ccccc4s3)nnc12. The number of para-hydroxylation sites is 2. The smallest absolute Gasteiger partial charge is 0.263 e. The number of hydrogen-bond acceptors (Lipinski definition) is 8. The number of thioether (sulfide) groups is 1. The van der Waals surface area contributed by atoms with Crippen molar-refractivity contribution in [1.29, 1.82) is 5.26 Å². The fraction of sp³-hybridized carbons (Fsp3) is 0.0870. The molecule has 0 unspecified atom stereocenters. The molecule has 0 bridgehead atoms. The molecule has 0 saturated carbocycles. The van der Waals surface area contributed by atoms with Crippen molar-refractivity contribution in [2.24, 2.45) is 0 Å². The second kappa shape index (κ2) is 8.54. The quantitative estimate of drug-likeness (QED) is 0.169. The first-order valence-corrected chi connectivity index (χ1v) is 11.7. The third kappa shape index (κ3) is 3.57. The lowest BCUT2D eigenvalue weighted by atomic mass is 10.2. The summed E-state index contributed by atoms with van der Waals surface area (Å²) in [5.74, 6) is 0.382. The van der Waals surface area contributed by atoms with Crippen LogP contribution in [0.25, 0.3) is 32.5 Å². The number of aliphatic hydroxyl groups is 1. The second-order valence-electron chi connectivity index (χ2n) is 7.05. The van der Waals surface area contributed by atoms with Gasteiger partial charge in [0.15, 0.2) is 5.16 Å². The molecule has 10 heteroatoms. The molecule has 0 amide bonds. The molecule has 3 aromatic heterocycles. The fourth-order valence-corrected chi connectivity index (χ4v) is 5.34. The van der Waals surface area contributed by atoms with E-state index in [0.717, 1.165) is 10.2 Å². The zero-order chi connectivity index (χ0) is 22.9. The Hall–Kier alpha value is -3.94. The van der Waals surface area contributed by atoms with Crippen LogP contribution in [-0.4, -0.2) is 35.0 Å². The van der Waals surface area contributed by atoms with Crippen LogP contribution in [-0.2, 0) is 6.54 Å². The fourth-order valence-electron chi connectivity index (χ4n) is 3.54. The lowest BCUT2D eigenvalue weighted by Gasteiger charge is -2.09. The van der Waals surface area contributed by atoms with Crippen molar-refractivity contribution in [3.63, 3.8) is 0 Å². The number of aliphatic hydroxyl groups excluding tert-OH is 1. The number of allylic oxidation sites excluding steroid dienone is 2. The first kappa shape index (κ1) is 20.9. The maximum atomic E-state index is 12.9. The van der Waals surface area contributed by atoms with Gasteiger partial charge in [0.2, 0.25) is 5.78 Å². The van der Waals surface area contributed by atoms with Crippen LogP contribution in [0.5, 0.6) is 0 Å². The van der Waals surface area contributed by atoms with E-state index in [2.05, 4.69) is 27.8 Å². The minimum atomic E-state index is -0.174. The third-order valence-corrected chi connectivity index (χ3v) is 7.03. The van der Waals surface area contributed by atoms with Crippen LogP contribution < -0.4 is 5.56 Å². The molecular weight excluding hydrogens is 456 g/mol. The van der Waals surface area contributed by atoms with Crippen molar-refractivity contribution in [3.8, 4) is 6.07 Å². The maximum absolute atomic E-state index is 12.9. The molecule has 0 spiro atoms. The highest BCUT2D eigenvalue weighted by atomic mass is 32.2. The zero-order valence-electron chi connectivity index (χ0n) is 17.2. The molecule has 0 fully saturated rings. The second-order valence-corrected chi connectivity index (χ2v) is 9.02. The Bertz CT molecular complexity index is 1640. The predicted molar refractivity (Wildman–Crippen MR) is 130 cm³/mol. The molecule has 0 atom stereocenters. The molecule has 3 heterocycles. The number of nitrogens with zero attached hydrogens (tertiary/aromatic N) is 6. The molecule has 5 rings (SSSR count). The summed E-state index contributed by atoms with van der Waals surface area (Å²) in [7, 11) is 0. The molecule has 0 aliphatic heterocycles. The maximum Gasteiger partial charge on any atom is 0.263 e. The molecule has 5 aromatic rings. The van der Waals surface area contributed by atoms with Gasteiger partial charge in [-0.2, -0.15) is 5.26 Å². The molecule has 0 saturated heterocycles. The van der Waals surface area contributed by atoms with E-state index < -0.39 is 0 Å². The predicted octanol–water partition coefficient (Wildman–Crippen LogP) is 4.42. The van der Waals surface area contributed by atoms with Gasteiger partial charge in [0.05, 0.1) is 26.9 Å². The lowest BCUT2D eigenvalue weighted by molar-refractivity contribution is 0.420. The van der Waals surface area contributed by atoms with Crippen molar-refractivity contribution in [2.75, 3.05) is 5.75 Å². The van der Waals surface area contributed by atoms with Gasteiger partial charge in [-0.25, -0.2) is 4.98 Å². The van der Waals surface area contributed by atoms with E-state index in [-0.39, 0.29) is 29.2 Å².